The molecule has 1 heterocycles. The number of hydrogen-bond acceptors (Lipinski definition) is 2. The van der Waals surface area contributed by atoms with Gasteiger partial charge in [-0.3, -0.25) is 0 Å². The van der Waals surface area contributed by atoms with E-state index in [4.69, 9.17) is 9.73 Å². The van der Waals surface area contributed by atoms with Gasteiger partial charge in [-0.05, 0) is 37.3 Å². The summed E-state index contributed by atoms with van der Waals surface area (Å²) in [6, 6.07) is 22.2. The normalized spacial score (nSPS) is 21.4. The molecule has 2 aromatic carbocycles. The minimum atomic E-state index is -0.518. The molecule has 0 saturated heterocycles. The SMILES string of the molecule is CC(C)[C@H]1COC([C]2CCC[C]2P(c2ccccc2)c2ccccc2)=N1. The number of rotatable bonds is 5. The van der Waals surface area contributed by atoms with E-state index in [1.54, 1.807) is 5.66 Å². The fraction of sp³-hybridized carbons (Fsp3) is 0.348. The van der Waals surface area contributed by atoms with Gasteiger partial charge in [-0.1, -0.05) is 80.9 Å². The van der Waals surface area contributed by atoms with Gasteiger partial charge in [0, 0.05) is 5.66 Å². The Morgan fingerprint density at radius 2 is 1.54 bits per heavy atom. The summed E-state index contributed by atoms with van der Waals surface area (Å²) in [6.07, 6.45) is 3.45. The van der Waals surface area contributed by atoms with Crippen molar-refractivity contribution < 1.29 is 4.74 Å². The zero-order valence-electron chi connectivity index (χ0n) is 15.6. The van der Waals surface area contributed by atoms with Crippen LogP contribution in [0.5, 0.6) is 0 Å². The number of nitrogens with zero attached hydrogens (tertiary/aromatic N) is 1. The predicted octanol–water partition coefficient (Wildman–Crippen LogP) is 4.86. The lowest BCUT2D eigenvalue weighted by Crippen LogP contribution is -2.22. The van der Waals surface area contributed by atoms with Crippen LogP contribution in [0.2, 0.25) is 0 Å². The largest absolute Gasteiger partial charge is 0.478 e. The molecule has 4 rings (SSSR count). The van der Waals surface area contributed by atoms with Crippen LogP contribution in [-0.4, -0.2) is 18.5 Å². The Morgan fingerprint density at radius 3 is 2.08 bits per heavy atom. The summed E-state index contributed by atoms with van der Waals surface area (Å²) >= 11 is 0. The van der Waals surface area contributed by atoms with Crippen molar-refractivity contribution in [3.8, 4) is 0 Å². The van der Waals surface area contributed by atoms with Crippen molar-refractivity contribution in [1.82, 2.24) is 0 Å². The van der Waals surface area contributed by atoms with Crippen molar-refractivity contribution in [2.24, 2.45) is 10.9 Å². The van der Waals surface area contributed by atoms with Crippen molar-refractivity contribution in [3.05, 3.63) is 72.2 Å². The van der Waals surface area contributed by atoms with Gasteiger partial charge in [-0.25, -0.2) is 4.99 Å². The molecule has 0 N–H and O–H groups in total. The maximum absolute atomic E-state index is 6.07. The third-order valence-electron chi connectivity index (χ3n) is 5.19. The highest BCUT2D eigenvalue weighted by Crippen LogP contribution is 2.57. The molecule has 2 radical (unpaired) electrons. The highest BCUT2D eigenvalue weighted by atomic mass is 31.1. The molecule has 1 fully saturated rings. The molecule has 2 aromatic rings. The molecule has 1 aliphatic carbocycles. The summed E-state index contributed by atoms with van der Waals surface area (Å²) in [6.45, 7) is 5.19. The molecule has 0 aromatic heterocycles. The Bertz CT molecular complexity index is 704. The van der Waals surface area contributed by atoms with Gasteiger partial charge in [0.1, 0.15) is 6.61 Å². The van der Waals surface area contributed by atoms with Crippen molar-refractivity contribution in [2.45, 2.75) is 39.2 Å². The lowest BCUT2D eigenvalue weighted by Gasteiger charge is -2.28. The Balaban J connectivity index is 1.68. The standard InChI is InChI=1S/C23H26NOP/c1-17(2)21-16-25-23(24-21)20-14-9-15-22(20)26(18-10-5-3-6-11-18)19-12-7-4-8-13-19/h3-8,10-13,17,21H,9,14-16H2,1-2H3/t21-/m1/s1. The fourth-order valence-corrected chi connectivity index (χ4v) is 6.44. The second-order valence-corrected chi connectivity index (χ2v) is 9.59. The summed E-state index contributed by atoms with van der Waals surface area (Å²) in [7, 11) is -0.518. The number of ether oxygens (including phenoxy) is 1. The van der Waals surface area contributed by atoms with Crippen molar-refractivity contribution in [2.75, 3.05) is 6.61 Å². The van der Waals surface area contributed by atoms with Crippen molar-refractivity contribution in [1.29, 1.82) is 0 Å². The molecule has 2 nitrogen and oxygen atoms in total. The molecule has 3 heteroatoms. The topological polar surface area (TPSA) is 21.6 Å². The van der Waals surface area contributed by atoms with Crippen LogP contribution in [0.3, 0.4) is 0 Å². The molecule has 1 atom stereocenters. The average molecular weight is 363 g/mol. The first kappa shape index (κ1) is 17.7. The van der Waals surface area contributed by atoms with Gasteiger partial charge >= 0.3 is 0 Å². The van der Waals surface area contributed by atoms with E-state index in [-0.39, 0.29) is 0 Å². The average Bonchev–Trinajstić information content (AvgIpc) is 3.33. The van der Waals surface area contributed by atoms with E-state index in [0.717, 1.165) is 25.3 Å². The van der Waals surface area contributed by atoms with Gasteiger partial charge in [-0.2, -0.15) is 0 Å². The van der Waals surface area contributed by atoms with Gasteiger partial charge < -0.3 is 4.74 Å². The lowest BCUT2D eigenvalue weighted by molar-refractivity contribution is 0.288. The van der Waals surface area contributed by atoms with E-state index < -0.39 is 7.92 Å². The Kier molecular flexibility index (Phi) is 5.41. The van der Waals surface area contributed by atoms with Crippen LogP contribution in [0.4, 0.5) is 0 Å². The van der Waals surface area contributed by atoms with Crippen LogP contribution in [0, 0.1) is 17.5 Å². The monoisotopic (exact) mass is 363 g/mol. The van der Waals surface area contributed by atoms with Gasteiger partial charge in [0.05, 0.1) is 12.0 Å². The number of hydrogen-bond donors (Lipinski definition) is 0. The smallest absolute Gasteiger partial charge is 0.192 e. The van der Waals surface area contributed by atoms with Gasteiger partial charge in [0.2, 0.25) is 0 Å². The van der Waals surface area contributed by atoms with Crippen LogP contribution < -0.4 is 10.6 Å². The molecule has 1 aliphatic heterocycles. The molecular formula is C23H26NOP. The van der Waals surface area contributed by atoms with Crippen LogP contribution in [-0.2, 0) is 4.74 Å². The summed E-state index contributed by atoms with van der Waals surface area (Å²) in [5, 5.41) is 2.84. The zero-order chi connectivity index (χ0) is 17.9. The van der Waals surface area contributed by atoms with E-state index >= 15 is 0 Å². The van der Waals surface area contributed by atoms with E-state index in [9.17, 15) is 0 Å². The highest BCUT2D eigenvalue weighted by Gasteiger charge is 2.42. The van der Waals surface area contributed by atoms with E-state index in [0.29, 0.717) is 12.0 Å². The molecule has 134 valence electrons. The number of benzene rings is 2. The molecule has 2 aliphatic rings. The second-order valence-electron chi connectivity index (χ2n) is 7.34. The van der Waals surface area contributed by atoms with Gasteiger partial charge in [0.25, 0.3) is 0 Å². The van der Waals surface area contributed by atoms with Gasteiger partial charge in [-0.15, -0.1) is 0 Å². The summed E-state index contributed by atoms with van der Waals surface area (Å²) in [5.74, 6) is 2.84. The summed E-state index contributed by atoms with van der Waals surface area (Å²) < 4.78 is 6.07. The van der Waals surface area contributed by atoms with E-state index in [2.05, 4.69) is 74.5 Å². The minimum Gasteiger partial charge on any atom is -0.478 e. The van der Waals surface area contributed by atoms with Crippen LogP contribution in [0.1, 0.15) is 33.1 Å². The Morgan fingerprint density at radius 1 is 0.923 bits per heavy atom. The van der Waals surface area contributed by atoms with E-state index in [1.807, 2.05) is 0 Å². The third kappa shape index (κ3) is 3.58. The highest BCUT2D eigenvalue weighted by molar-refractivity contribution is 7.76. The first-order chi connectivity index (χ1) is 12.7. The lowest BCUT2D eigenvalue weighted by atomic mass is 10.1. The molecule has 0 unspecified atom stereocenters. The quantitative estimate of drug-likeness (QED) is 0.695. The Labute approximate surface area is 158 Å². The first-order valence-corrected chi connectivity index (χ1v) is 10.9. The van der Waals surface area contributed by atoms with Gasteiger partial charge in [0.15, 0.2) is 5.90 Å². The number of aliphatic imine (C=N–C) groups is 1. The maximum atomic E-state index is 6.07. The third-order valence-corrected chi connectivity index (χ3v) is 7.85. The van der Waals surface area contributed by atoms with Crippen LogP contribution in [0.15, 0.2) is 65.7 Å². The maximum Gasteiger partial charge on any atom is 0.192 e. The fourth-order valence-electron chi connectivity index (χ4n) is 3.72. The molecule has 26 heavy (non-hydrogen) atoms. The molecule has 1 saturated carbocycles. The molecular weight excluding hydrogens is 337 g/mol. The molecule has 0 amide bonds. The molecule has 0 bridgehead atoms. The van der Waals surface area contributed by atoms with Crippen molar-refractivity contribution >= 4 is 24.4 Å². The first-order valence-electron chi connectivity index (χ1n) is 9.57. The van der Waals surface area contributed by atoms with Crippen molar-refractivity contribution in [3.63, 3.8) is 0 Å². The van der Waals surface area contributed by atoms with Crippen LogP contribution >= 0.6 is 7.92 Å². The van der Waals surface area contributed by atoms with E-state index in [1.165, 1.54) is 22.9 Å². The minimum absolute atomic E-state index is 0.305. The molecule has 0 spiro atoms. The Hall–Kier alpha value is -1.66. The summed E-state index contributed by atoms with van der Waals surface area (Å²) in [5.41, 5.74) is 1.56. The summed E-state index contributed by atoms with van der Waals surface area (Å²) in [4.78, 5) is 4.94. The van der Waals surface area contributed by atoms with Crippen LogP contribution in [0.25, 0.3) is 0 Å². The zero-order valence-corrected chi connectivity index (χ0v) is 16.5. The predicted molar refractivity (Wildman–Crippen MR) is 111 cm³/mol. The second kappa shape index (κ2) is 7.92.